The first-order valence-electron chi connectivity index (χ1n) is 6.92. The monoisotopic (exact) mass is 323 g/mol. The fourth-order valence-electron chi connectivity index (χ4n) is 2.33. The van der Waals surface area contributed by atoms with Crippen molar-refractivity contribution in [2.45, 2.75) is 11.7 Å². The number of sulfonamides is 1. The smallest absolute Gasteiger partial charge is 0.295 e. The lowest BCUT2D eigenvalue weighted by Crippen LogP contribution is -2.48. The first-order valence-corrected chi connectivity index (χ1v) is 8.36. The molecule has 1 aliphatic rings. The summed E-state index contributed by atoms with van der Waals surface area (Å²) >= 11 is 0. The predicted octanol–water partition coefficient (Wildman–Crippen LogP) is -0.888. The van der Waals surface area contributed by atoms with E-state index in [1.54, 1.807) is 6.20 Å². The molecule has 2 aromatic rings. The third kappa shape index (κ3) is 3.13. The van der Waals surface area contributed by atoms with Crippen LogP contribution in [0.25, 0.3) is 0 Å². The molecule has 1 saturated heterocycles. The molecule has 2 aromatic heterocycles. The Hall–Kier alpha value is -1.91. The molecule has 0 aliphatic carbocycles. The molecule has 3 heterocycles. The van der Waals surface area contributed by atoms with Gasteiger partial charge in [0.05, 0.1) is 12.7 Å². The lowest BCUT2D eigenvalue weighted by atomic mass is 10.3. The van der Waals surface area contributed by atoms with Crippen LogP contribution in [0.1, 0.15) is 5.69 Å². The van der Waals surface area contributed by atoms with Crippen molar-refractivity contribution in [1.29, 1.82) is 0 Å². The highest BCUT2D eigenvalue weighted by Gasteiger charge is 2.31. The molecule has 0 spiro atoms. The van der Waals surface area contributed by atoms with Gasteiger partial charge in [-0.15, -0.1) is 5.10 Å². The number of hydrogen-bond donors (Lipinski definition) is 0. The molecule has 1 fully saturated rings. The summed E-state index contributed by atoms with van der Waals surface area (Å²) in [6, 6.07) is 5.79. The minimum atomic E-state index is -3.65. The average molecular weight is 323 g/mol. The van der Waals surface area contributed by atoms with Gasteiger partial charge >= 0.3 is 5.16 Å². The summed E-state index contributed by atoms with van der Waals surface area (Å²) in [6.07, 6.45) is 1.76. The van der Waals surface area contributed by atoms with Crippen LogP contribution in [-0.2, 0) is 23.6 Å². The maximum Gasteiger partial charge on any atom is 0.303 e. The van der Waals surface area contributed by atoms with E-state index in [4.69, 9.17) is 0 Å². The summed E-state index contributed by atoms with van der Waals surface area (Å²) in [7, 11) is -2.11. The van der Waals surface area contributed by atoms with Crippen LogP contribution in [0.15, 0.2) is 29.6 Å². The Morgan fingerprint density at radius 2 is 1.95 bits per heavy atom. The second-order valence-corrected chi connectivity index (χ2v) is 6.89. The highest BCUT2D eigenvalue weighted by Crippen LogP contribution is 2.14. The fourth-order valence-corrected chi connectivity index (χ4v) is 3.57. The van der Waals surface area contributed by atoms with Gasteiger partial charge in [0.25, 0.3) is 10.0 Å². The summed E-state index contributed by atoms with van der Waals surface area (Å²) in [5.74, 6) is 0. The van der Waals surface area contributed by atoms with Gasteiger partial charge in [-0.05, 0) is 17.3 Å². The van der Waals surface area contributed by atoms with E-state index in [2.05, 4.69) is 25.3 Å². The van der Waals surface area contributed by atoms with Gasteiger partial charge in [0.2, 0.25) is 0 Å². The third-order valence-electron chi connectivity index (χ3n) is 3.50. The Morgan fingerprint density at radius 1 is 1.18 bits per heavy atom. The van der Waals surface area contributed by atoms with Gasteiger partial charge in [0, 0.05) is 38.9 Å². The molecule has 118 valence electrons. The van der Waals surface area contributed by atoms with Crippen LogP contribution in [0, 0.1) is 0 Å². The lowest BCUT2D eigenvalue weighted by molar-refractivity contribution is 0.179. The van der Waals surface area contributed by atoms with Crippen LogP contribution in [-0.4, -0.2) is 69.0 Å². The topological polar surface area (TPSA) is 97.1 Å². The van der Waals surface area contributed by atoms with E-state index in [9.17, 15) is 8.42 Å². The van der Waals surface area contributed by atoms with E-state index in [-0.39, 0.29) is 5.16 Å². The van der Waals surface area contributed by atoms with Gasteiger partial charge in [-0.25, -0.2) is 8.42 Å². The van der Waals surface area contributed by atoms with Crippen LogP contribution in [0.4, 0.5) is 0 Å². The largest absolute Gasteiger partial charge is 0.303 e. The number of nitrogens with zero attached hydrogens (tertiary/aromatic N) is 7. The molecular formula is C12H17N7O2S. The van der Waals surface area contributed by atoms with Crippen molar-refractivity contribution in [1.82, 2.24) is 34.4 Å². The van der Waals surface area contributed by atoms with Crippen molar-refractivity contribution >= 4 is 10.0 Å². The Balaban J connectivity index is 1.62. The van der Waals surface area contributed by atoms with Gasteiger partial charge in [-0.2, -0.15) is 9.10 Å². The Labute approximate surface area is 128 Å². The molecule has 3 rings (SSSR count). The molecule has 0 unspecified atom stereocenters. The average Bonchev–Trinajstić information content (AvgIpc) is 2.96. The molecule has 10 heteroatoms. The van der Waals surface area contributed by atoms with Crippen molar-refractivity contribution in [2.75, 3.05) is 26.2 Å². The molecule has 0 amide bonds. The zero-order valence-corrected chi connectivity index (χ0v) is 13.0. The van der Waals surface area contributed by atoms with Gasteiger partial charge in [-0.3, -0.25) is 9.88 Å². The van der Waals surface area contributed by atoms with Crippen molar-refractivity contribution in [2.24, 2.45) is 7.05 Å². The molecule has 0 bridgehead atoms. The zero-order chi connectivity index (χ0) is 15.6. The number of aryl methyl sites for hydroxylation is 1. The summed E-state index contributed by atoms with van der Waals surface area (Å²) in [4.78, 5) is 7.61. The second kappa shape index (κ2) is 6.07. The van der Waals surface area contributed by atoms with E-state index >= 15 is 0 Å². The minimum Gasteiger partial charge on any atom is -0.295 e. The van der Waals surface area contributed by atoms with Crippen LogP contribution >= 0.6 is 0 Å². The highest BCUT2D eigenvalue weighted by molar-refractivity contribution is 7.88. The van der Waals surface area contributed by atoms with E-state index in [1.807, 2.05) is 18.2 Å². The number of tetrazole rings is 1. The predicted molar refractivity (Wildman–Crippen MR) is 77.1 cm³/mol. The van der Waals surface area contributed by atoms with Crippen LogP contribution in [0.2, 0.25) is 0 Å². The standard InChI is InChI=1S/C12H17N7O2S/c1-17-15-12(14-16-17)22(20,21)19-8-6-18(7-9-19)10-11-4-2-3-5-13-11/h2-5H,6-10H2,1H3. The molecule has 9 nitrogen and oxygen atoms in total. The van der Waals surface area contributed by atoms with Crippen molar-refractivity contribution in [3.63, 3.8) is 0 Å². The quantitative estimate of drug-likeness (QED) is 0.720. The Kier molecular flexibility index (Phi) is 4.14. The van der Waals surface area contributed by atoms with E-state index in [0.29, 0.717) is 26.2 Å². The van der Waals surface area contributed by atoms with E-state index in [1.165, 1.54) is 11.4 Å². The minimum absolute atomic E-state index is 0.242. The van der Waals surface area contributed by atoms with Crippen LogP contribution in [0.5, 0.6) is 0 Å². The van der Waals surface area contributed by atoms with Gasteiger partial charge < -0.3 is 0 Å². The lowest BCUT2D eigenvalue weighted by Gasteiger charge is -2.32. The molecule has 0 radical (unpaired) electrons. The van der Waals surface area contributed by atoms with Gasteiger partial charge in [0.15, 0.2) is 0 Å². The summed E-state index contributed by atoms with van der Waals surface area (Å²) < 4.78 is 26.2. The molecule has 0 atom stereocenters. The Morgan fingerprint density at radius 3 is 2.55 bits per heavy atom. The molecule has 1 aliphatic heterocycles. The van der Waals surface area contributed by atoms with Crippen molar-refractivity contribution in [3.8, 4) is 0 Å². The summed E-state index contributed by atoms with van der Waals surface area (Å²) in [5.41, 5.74) is 0.981. The molecule has 0 N–H and O–H groups in total. The molecular weight excluding hydrogens is 306 g/mol. The number of rotatable bonds is 4. The second-order valence-electron chi connectivity index (χ2n) is 5.06. The van der Waals surface area contributed by atoms with Crippen LogP contribution < -0.4 is 0 Å². The number of pyridine rings is 1. The SMILES string of the molecule is Cn1nnc(S(=O)(=O)N2CCN(Cc3ccccn3)CC2)n1. The van der Waals surface area contributed by atoms with Gasteiger partial charge in [-0.1, -0.05) is 11.2 Å². The van der Waals surface area contributed by atoms with Crippen molar-refractivity contribution < 1.29 is 8.42 Å². The third-order valence-corrected chi connectivity index (χ3v) is 5.17. The zero-order valence-electron chi connectivity index (χ0n) is 12.2. The normalized spacial score (nSPS) is 17.7. The maximum absolute atomic E-state index is 12.4. The number of piperazine rings is 1. The molecule has 0 saturated carbocycles. The Bertz CT molecular complexity index is 723. The fraction of sp³-hybridized carbons (Fsp3) is 0.500. The maximum atomic E-state index is 12.4. The summed E-state index contributed by atoms with van der Waals surface area (Å²) in [6.45, 7) is 2.84. The first-order chi connectivity index (χ1) is 10.6. The van der Waals surface area contributed by atoms with E-state index in [0.717, 1.165) is 17.0 Å². The number of hydrogen-bond acceptors (Lipinski definition) is 7. The van der Waals surface area contributed by atoms with Crippen molar-refractivity contribution in [3.05, 3.63) is 30.1 Å². The molecule has 0 aromatic carbocycles. The number of aromatic nitrogens is 5. The van der Waals surface area contributed by atoms with E-state index < -0.39 is 10.0 Å². The van der Waals surface area contributed by atoms with Crippen LogP contribution in [0.3, 0.4) is 0 Å². The summed E-state index contributed by atoms with van der Waals surface area (Å²) in [5, 5.41) is 10.7. The molecule has 22 heavy (non-hydrogen) atoms. The first kappa shape index (κ1) is 15.0. The highest BCUT2D eigenvalue weighted by atomic mass is 32.2. The van der Waals surface area contributed by atoms with Gasteiger partial charge in [0.1, 0.15) is 0 Å².